The van der Waals surface area contributed by atoms with Crippen molar-refractivity contribution in [3.63, 3.8) is 0 Å². The van der Waals surface area contributed by atoms with E-state index in [0.29, 0.717) is 32.0 Å². The molecule has 0 aliphatic carbocycles. The predicted octanol–water partition coefficient (Wildman–Crippen LogP) is 5.13. The number of aromatic nitrogens is 2. The van der Waals surface area contributed by atoms with Crippen LogP contribution >= 0.6 is 0 Å². The molecule has 0 atom stereocenters. The number of rotatable bonds is 3. The summed E-state index contributed by atoms with van der Waals surface area (Å²) >= 11 is 0. The summed E-state index contributed by atoms with van der Waals surface area (Å²) in [6.07, 6.45) is -4.54. The van der Waals surface area contributed by atoms with Gasteiger partial charge in [-0.25, -0.2) is 14.8 Å². The van der Waals surface area contributed by atoms with Gasteiger partial charge in [0.05, 0.1) is 11.3 Å². The van der Waals surface area contributed by atoms with Gasteiger partial charge in [-0.15, -0.1) is 0 Å². The number of urea groups is 1. The number of hydrogen-bond donors (Lipinski definition) is 1. The summed E-state index contributed by atoms with van der Waals surface area (Å²) in [5.41, 5.74) is 1.77. The van der Waals surface area contributed by atoms with Gasteiger partial charge in [-0.1, -0.05) is 35.9 Å². The van der Waals surface area contributed by atoms with Crippen LogP contribution in [0.4, 0.5) is 29.5 Å². The predicted molar refractivity (Wildman–Crippen MR) is 121 cm³/mol. The molecule has 0 saturated carbocycles. The summed E-state index contributed by atoms with van der Waals surface area (Å²) in [4.78, 5) is 25.5. The van der Waals surface area contributed by atoms with Crippen LogP contribution in [0.1, 0.15) is 16.8 Å². The van der Waals surface area contributed by atoms with Crippen molar-refractivity contribution in [2.75, 3.05) is 36.4 Å². The standard InChI is InChI=1S/C24H24F3N5O/c1-16-6-5-7-18(14-16)22-28-17(2)15-21(30-22)31-10-12-32(13-11-31)23(33)29-20-9-4-3-8-19(20)24(25,26)27/h3-9,14-15H,10-13H2,1-2H3,(H,29,33). The van der Waals surface area contributed by atoms with Gasteiger partial charge in [0.15, 0.2) is 5.82 Å². The molecule has 33 heavy (non-hydrogen) atoms. The van der Waals surface area contributed by atoms with Gasteiger partial charge in [-0.3, -0.25) is 0 Å². The number of nitrogens with zero attached hydrogens (tertiary/aromatic N) is 4. The molecule has 0 bridgehead atoms. The molecule has 9 heteroatoms. The van der Waals surface area contributed by atoms with Gasteiger partial charge < -0.3 is 15.1 Å². The number of hydrogen-bond acceptors (Lipinski definition) is 4. The van der Waals surface area contributed by atoms with Crippen molar-refractivity contribution in [3.05, 3.63) is 71.4 Å². The van der Waals surface area contributed by atoms with Crippen LogP contribution in [0.25, 0.3) is 11.4 Å². The highest BCUT2D eigenvalue weighted by molar-refractivity contribution is 5.90. The van der Waals surface area contributed by atoms with Crippen LogP contribution in [0.5, 0.6) is 0 Å². The fourth-order valence-electron chi connectivity index (χ4n) is 3.80. The Balaban J connectivity index is 1.44. The number of anilines is 2. The Kier molecular flexibility index (Phi) is 6.22. The molecule has 2 aromatic carbocycles. The lowest BCUT2D eigenvalue weighted by Crippen LogP contribution is -2.50. The molecule has 172 valence electrons. The van der Waals surface area contributed by atoms with Gasteiger partial charge in [-0.2, -0.15) is 13.2 Å². The van der Waals surface area contributed by atoms with Crippen LogP contribution < -0.4 is 10.2 Å². The SMILES string of the molecule is Cc1cccc(-c2nc(C)cc(N3CCN(C(=O)Nc4ccccc4C(F)(F)F)CC3)n2)c1. The molecule has 1 aliphatic rings. The number of carbonyl (C=O) groups excluding carboxylic acids is 1. The Morgan fingerprint density at radius 3 is 2.36 bits per heavy atom. The monoisotopic (exact) mass is 455 g/mol. The van der Waals surface area contributed by atoms with E-state index in [-0.39, 0.29) is 5.69 Å². The molecule has 1 N–H and O–H groups in total. The molecule has 6 nitrogen and oxygen atoms in total. The van der Waals surface area contributed by atoms with E-state index in [1.807, 2.05) is 44.2 Å². The normalized spacial score (nSPS) is 14.3. The molecule has 0 spiro atoms. The molecule has 2 heterocycles. The first-order chi connectivity index (χ1) is 15.7. The summed E-state index contributed by atoms with van der Waals surface area (Å²) in [6.45, 7) is 5.67. The largest absolute Gasteiger partial charge is 0.418 e. The van der Waals surface area contributed by atoms with Crippen LogP contribution in [0.2, 0.25) is 0 Å². The number of benzene rings is 2. The molecule has 1 aliphatic heterocycles. The topological polar surface area (TPSA) is 61.4 Å². The highest BCUT2D eigenvalue weighted by Gasteiger charge is 2.34. The average molecular weight is 455 g/mol. The highest BCUT2D eigenvalue weighted by atomic mass is 19.4. The maximum Gasteiger partial charge on any atom is 0.418 e. The molecule has 4 rings (SSSR count). The molecule has 1 aromatic heterocycles. The summed E-state index contributed by atoms with van der Waals surface area (Å²) < 4.78 is 39.6. The van der Waals surface area contributed by atoms with E-state index in [1.165, 1.54) is 23.1 Å². The zero-order chi connectivity index (χ0) is 23.6. The Bertz CT molecular complexity index is 1160. The Hall–Kier alpha value is -3.62. The molecular weight excluding hydrogens is 431 g/mol. The Morgan fingerprint density at radius 2 is 1.67 bits per heavy atom. The maximum atomic E-state index is 13.2. The second-order valence-corrected chi connectivity index (χ2v) is 8.01. The molecule has 1 fully saturated rings. The fraction of sp³-hybridized carbons (Fsp3) is 0.292. The van der Waals surface area contributed by atoms with Crippen molar-refractivity contribution in [3.8, 4) is 11.4 Å². The first-order valence-electron chi connectivity index (χ1n) is 10.6. The van der Waals surface area contributed by atoms with Crippen molar-refractivity contribution in [1.29, 1.82) is 0 Å². The van der Waals surface area contributed by atoms with Gasteiger partial charge >= 0.3 is 12.2 Å². The quantitative estimate of drug-likeness (QED) is 0.595. The summed E-state index contributed by atoms with van der Waals surface area (Å²) in [5, 5.41) is 2.41. The lowest BCUT2D eigenvalue weighted by molar-refractivity contribution is -0.136. The van der Waals surface area contributed by atoms with Gasteiger partial charge in [0.2, 0.25) is 0 Å². The van der Waals surface area contributed by atoms with Crippen molar-refractivity contribution >= 4 is 17.5 Å². The Morgan fingerprint density at radius 1 is 0.939 bits per heavy atom. The molecule has 2 amide bonds. The van der Waals surface area contributed by atoms with E-state index in [2.05, 4.69) is 15.2 Å². The number of amides is 2. The third-order valence-electron chi connectivity index (χ3n) is 5.48. The van der Waals surface area contributed by atoms with Gasteiger partial charge in [0, 0.05) is 43.5 Å². The van der Waals surface area contributed by atoms with E-state index < -0.39 is 17.8 Å². The minimum atomic E-state index is -4.54. The second kappa shape index (κ2) is 9.09. The van der Waals surface area contributed by atoms with E-state index in [1.54, 1.807) is 0 Å². The minimum absolute atomic E-state index is 0.244. The van der Waals surface area contributed by atoms with Crippen molar-refractivity contribution < 1.29 is 18.0 Å². The van der Waals surface area contributed by atoms with E-state index >= 15 is 0 Å². The first-order valence-corrected chi connectivity index (χ1v) is 10.6. The van der Waals surface area contributed by atoms with E-state index in [9.17, 15) is 18.0 Å². The zero-order valence-electron chi connectivity index (χ0n) is 18.4. The molecule has 3 aromatic rings. The van der Waals surface area contributed by atoms with Gasteiger partial charge in [-0.05, 0) is 32.0 Å². The summed E-state index contributed by atoms with van der Waals surface area (Å²) in [7, 11) is 0. The van der Waals surface area contributed by atoms with Crippen molar-refractivity contribution in [1.82, 2.24) is 14.9 Å². The number of nitrogens with one attached hydrogen (secondary N) is 1. The number of halogens is 3. The van der Waals surface area contributed by atoms with Crippen LogP contribution in [0.3, 0.4) is 0 Å². The third-order valence-corrected chi connectivity index (χ3v) is 5.48. The van der Waals surface area contributed by atoms with E-state index in [4.69, 9.17) is 4.98 Å². The number of aryl methyl sites for hydroxylation is 2. The second-order valence-electron chi connectivity index (χ2n) is 8.01. The highest BCUT2D eigenvalue weighted by Crippen LogP contribution is 2.34. The minimum Gasteiger partial charge on any atom is -0.353 e. The molecular formula is C24H24F3N5O. The lowest BCUT2D eigenvalue weighted by Gasteiger charge is -2.35. The molecule has 0 unspecified atom stereocenters. The van der Waals surface area contributed by atoms with Gasteiger partial charge in [0.1, 0.15) is 5.82 Å². The van der Waals surface area contributed by atoms with Crippen LogP contribution in [0, 0.1) is 13.8 Å². The lowest BCUT2D eigenvalue weighted by atomic mass is 10.1. The number of para-hydroxylation sites is 1. The van der Waals surface area contributed by atoms with Gasteiger partial charge in [0.25, 0.3) is 0 Å². The number of alkyl halides is 3. The van der Waals surface area contributed by atoms with Crippen LogP contribution in [-0.4, -0.2) is 47.1 Å². The smallest absolute Gasteiger partial charge is 0.353 e. The Labute approximate surface area is 190 Å². The van der Waals surface area contributed by atoms with Crippen molar-refractivity contribution in [2.45, 2.75) is 20.0 Å². The van der Waals surface area contributed by atoms with Crippen LogP contribution in [0.15, 0.2) is 54.6 Å². The van der Waals surface area contributed by atoms with Crippen LogP contribution in [-0.2, 0) is 6.18 Å². The molecule has 0 radical (unpaired) electrons. The van der Waals surface area contributed by atoms with E-state index in [0.717, 1.165) is 28.7 Å². The number of carbonyl (C=O) groups is 1. The zero-order valence-corrected chi connectivity index (χ0v) is 18.4. The maximum absolute atomic E-state index is 13.2. The van der Waals surface area contributed by atoms with Crippen molar-refractivity contribution in [2.24, 2.45) is 0 Å². The third kappa shape index (κ3) is 5.24. The number of piperazine rings is 1. The fourth-order valence-corrected chi connectivity index (χ4v) is 3.80. The summed E-state index contributed by atoms with van der Waals surface area (Å²) in [6, 6.07) is 14.3. The first kappa shape index (κ1) is 22.6. The average Bonchev–Trinajstić information content (AvgIpc) is 2.78. The molecule has 1 saturated heterocycles. The summed E-state index contributed by atoms with van der Waals surface area (Å²) in [5.74, 6) is 1.40.